The van der Waals surface area contributed by atoms with Gasteiger partial charge in [0.15, 0.2) is 0 Å². The molecule has 2 bridgehead atoms. The van der Waals surface area contributed by atoms with E-state index < -0.39 is 0 Å². The summed E-state index contributed by atoms with van der Waals surface area (Å²) in [6, 6.07) is 14.3. The van der Waals surface area contributed by atoms with Crippen LogP contribution in [0, 0.1) is 0 Å². The van der Waals surface area contributed by atoms with Crippen LogP contribution in [0.2, 0.25) is 0 Å². The maximum Gasteiger partial charge on any atom is 0.0636 e. The van der Waals surface area contributed by atoms with Crippen LogP contribution in [0.25, 0.3) is 5.57 Å². The molecule has 2 aromatic rings. The third kappa shape index (κ3) is 2.32. The largest absolute Gasteiger partial charge is 0.289 e. The molecule has 0 radical (unpaired) electrons. The number of hydrogen-bond donors (Lipinski definition) is 0. The molecule has 21 heavy (non-hydrogen) atoms. The molecule has 3 heterocycles. The number of aromatic nitrogens is 2. The van der Waals surface area contributed by atoms with Crippen LogP contribution in [0.15, 0.2) is 48.7 Å². The zero-order valence-corrected chi connectivity index (χ0v) is 12.4. The summed E-state index contributed by atoms with van der Waals surface area (Å²) >= 11 is 0. The van der Waals surface area contributed by atoms with Crippen LogP contribution in [-0.2, 0) is 13.6 Å². The topological polar surface area (TPSA) is 21.1 Å². The molecule has 2 aliphatic heterocycles. The van der Waals surface area contributed by atoms with Crippen molar-refractivity contribution in [2.24, 2.45) is 7.05 Å². The second-order valence-electron chi connectivity index (χ2n) is 6.19. The summed E-state index contributed by atoms with van der Waals surface area (Å²) in [6.07, 6.45) is 8.13. The Morgan fingerprint density at radius 2 is 2.00 bits per heavy atom. The van der Waals surface area contributed by atoms with Gasteiger partial charge in [0, 0.05) is 31.9 Å². The van der Waals surface area contributed by atoms with E-state index in [1.165, 1.54) is 29.7 Å². The fourth-order valence-electron chi connectivity index (χ4n) is 3.84. The Kier molecular flexibility index (Phi) is 3.15. The maximum absolute atomic E-state index is 4.31. The van der Waals surface area contributed by atoms with Crippen molar-refractivity contribution in [3.63, 3.8) is 0 Å². The molecule has 3 heteroatoms. The van der Waals surface area contributed by atoms with Crippen LogP contribution in [0.1, 0.15) is 30.5 Å². The van der Waals surface area contributed by atoms with Gasteiger partial charge in [0.1, 0.15) is 0 Å². The molecule has 108 valence electrons. The van der Waals surface area contributed by atoms with E-state index in [9.17, 15) is 0 Å². The molecule has 4 rings (SSSR count). The van der Waals surface area contributed by atoms with Crippen molar-refractivity contribution in [3.05, 3.63) is 59.9 Å². The van der Waals surface area contributed by atoms with Gasteiger partial charge in [-0.05, 0) is 36.5 Å². The first-order valence-corrected chi connectivity index (χ1v) is 7.80. The average Bonchev–Trinajstić information content (AvgIpc) is 3.01. The lowest BCUT2D eigenvalue weighted by Gasteiger charge is -2.34. The Bertz CT molecular complexity index is 656. The fraction of sp³-hybridized carbons (Fsp3) is 0.389. The molecule has 3 nitrogen and oxygen atoms in total. The van der Waals surface area contributed by atoms with Gasteiger partial charge in [0.2, 0.25) is 0 Å². The highest BCUT2D eigenvalue weighted by molar-refractivity contribution is 5.65. The second kappa shape index (κ2) is 5.15. The third-order valence-corrected chi connectivity index (χ3v) is 4.90. The molecule has 1 saturated heterocycles. The minimum atomic E-state index is 0.592. The first-order valence-electron chi connectivity index (χ1n) is 7.80. The van der Waals surface area contributed by atoms with Crippen LogP contribution in [0.3, 0.4) is 0 Å². The highest BCUT2D eigenvalue weighted by Crippen LogP contribution is 2.39. The molecule has 1 aromatic heterocycles. The van der Waals surface area contributed by atoms with Crippen LogP contribution in [-0.4, -0.2) is 26.8 Å². The molecule has 2 unspecified atom stereocenters. The van der Waals surface area contributed by atoms with Crippen LogP contribution < -0.4 is 0 Å². The minimum Gasteiger partial charge on any atom is -0.289 e. The van der Waals surface area contributed by atoms with Gasteiger partial charge in [-0.2, -0.15) is 5.10 Å². The zero-order valence-electron chi connectivity index (χ0n) is 12.4. The number of benzene rings is 1. The van der Waals surface area contributed by atoms with E-state index in [-0.39, 0.29) is 0 Å². The van der Waals surface area contributed by atoms with Gasteiger partial charge in [-0.25, -0.2) is 0 Å². The predicted octanol–water partition coefficient (Wildman–Crippen LogP) is 3.24. The Hall–Kier alpha value is -1.87. The van der Waals surface area contributed by atoms with Gasteiger partial charge in [-0.1, -0.05) is 36.4 Å². The Morgan fingerprint density at radius 3 is 2.71 bits per heavy atom. The predicted molar refractivity (Wildman–Crippen MR) is 84.6 cm³/mol. The second-order valence-corrected chi connectivity index (χ2v) is 6.19. The van der Waals surface area contributed by atoms with Crippen molar-refractivity contribution in [1.29, 1.82) is 0 Å². The van der Waals surface area contributed by atoms with Crippen LogP contribution in [0.4, 0.5) is 0 Å². The van der Waals surface area contributed by atoms with E-state index in [1.807, 2.05) is 17.9 Å². The SMILES string of the molecule is Cn1nccc1C1=CC2CCC(C1)N2Cc1ccccc1. The molecule has 0 aliphatic carbocycles. The monoisotopic (exact) mass is 279 g/mol. The van der Waals surface area contributed by atoms with Crippen molar-refractivity contribution < 1.29 is 0 Å². The van der Waals surface area contributed by atoms with E-state index >= 15 is 0 Å². The normalized spacial score (nSPS) is 25.1. The van der Waals surface area contributed by atoms with Gasteiger partial charge < -0.3 is 0 Å². The number of hydrogen-bond acceptors (Lipinski definition) is 2. The molecule has 1 aromatic carbocycles. The molecular weight excluding hydrogens is 258 g/mol. The Labute approximate surface area is 125 Å². The van der Waals surface area contributed by atoms with E-state index in [4.69, 9.17) is 0 Å². The first-order chi connectivity index (χ1) is 10.3. The standard InChI is InChI=1S/C18H21N3/c1-20-18(9-10-19-20)15-11-16-7-8-17(12-15)21(16)13-14-5-3-2-4-6-14/h2-6,9-11,16-17H,7-8,12-13H2,1H3. The summed E-state index contributed by atoms with van der Waals surface area (Å²) in [5.41, 5.74) is 4.19. The Morgan fingerprint density at radius 1 is 1.14 bits per heavy atom. The molecular formula is C18H21N3. The lowest BCUT2D eigenvalue weighted by molar-refractivity contribution is 0.203. The van der Waals surface area contributed by atoms with Crippen molar-refractivity contribution in [2.45, 2.75) is 37.9 Å². The quantitative estimate of drug-likeness (QED) is 0.860. The number of rotatable bonds is 3. The van der Waals surface area contributed by atoms with Crippen LogP contribution >= 0.6 is 0 Å². The van der Waals surface area contributed by atoms with E-state index in [2.05, 4.69) is 52.5 Å². The van der Waals surface area contributed by atoms with Gasteiger partial charge in [-0.15, -0.1) is 0 Å². The first kappa shape index (κ1) is 12.8. The summed E-state index contributed by atoms with van der Waals surface area (Å²) in [7, 11) is 2.04. The fourth-order valence-corrected chi connectivity index (χ4v) is 3.84. The van der Waals surface area contributed by atoms with E-state index in [1.54, 1.807) is 0 Å². The summed E-state index contributed by atoms with van der Waals surface area (Å²) in [6.45, 7) is 1.07. The summed E-state index contributed by atoms with van der Waals surface area (Å²) in [5, 5.41) is 4.31. The maximum atomic E-state index is 4.31. The van der Waals surface area contributed by atoms with Crippen molar-refractivity contribution in [1.82, 2.24) is 14.7 Å². The lowest BCUT2D eigenvalue weighted by Crippen LogP contribution is -2.37. The third-order valence-electron chi connectivity index (χ3n) is 4.90. The molecule has 0 N–H and O–H groups in total. The smallest absolute Gasteiger partial charge is 0.0636 e. The minimum absolute atomic E-state index is 0.592. The molecule has 2 aliphatic rings. The summed E-state index contributed by atoms with van der Waals surface area (Å²) in [4.78, 5) is 2.68. The van der Waals surface area contributed by atoms with Crippen molar-refractivity contribution >= 4 is 5.57 Å². The van der Waals surface area contributed by atoms with E-state index in [0.717, 1.165) is 13.0 Å². The number of fused-ring (bicyclic) bond motifs is 2. The molecule has 1 fully saturated rings. The highest BCUT2D eigenvalue weighted by atomic mass is 15.3. The number of nitrogens with zero attached hydrogens (tertiary/aromatic N) is 3. The molecule has 0 amide bonds. The van der Waals surface area contributed by atoms with Gasteiger partial charge in [-0.3, -0.25) is 9.58 Å². The van der Waals surface area contributed by atoms with Crippen molar-refractivity contribution in [3.8, 4) is 0 Å². The van der Waals surface area contributed by atoms with Crippen molar-refractivity contribution in [2.75, 3.05) is 0 Å². The molecule has 0 spiro atoms. The average molecular weight is 279 g/mol. The molecule has 2 atom stereocenters. The van der Waals surface area contributed by atoms with E-state index in [0.29, 0.717) is 12.1 Å². The van der Waals surface area contributed by atoms with Gasteiger partial charge in [0.25, 0.3) is 0 Å². The molecule has 0 saturated carbocycles. The van der Waals surface area contributed by atoms with Crippen LogP contribution in [0.5, 0.6) is 0 Å². The van der Waals surface area contributed by atoms with Gasteiger partial charge >= 0.3 is 0 Å². The lowest BCUT2D eigenvalue weighted by atomic mass is 9.98. The summed E-state index contributed by atoms with van der Waals surface area (Å²) < 4.78 is 2.00. The number of aryl methyl sites for hydroxylation is 1. The van der Waals surface area contributed by atoms with Gasteiger partial charge in [0.05, 0.1) is 5.69 Å². The Balaban J connectivity index is 1.58. The highest BCUT2D eigenvalue weighted by Gasteiger charge is 2.36. The zero-order chi connectivity index (χ0) is 14.2. The summed E-state index contributed by atoms with van der Waals surface area (Å²) in [5.74, 6) is 0.